The van der Waals surface area contributed by atoms with Crippen molar-refractivity contribution in [3.8, 4) is 0 Å². The van der Waals surface area contributed by atoms with Gasteiger partial charge in [0, 0.05) is 0 Å². The van der Waals surface area contributed by atoms with Crippen LogP contribution in [0.1, 0.15) is 0 Å². The predicted molar refractivity (Wildman–Crippen MR) is 34.7 cm³/mol. The van der Waals surface area contributed by atoms with Crippen molar-refractivity contribution < 1.29 is 78.2 Å². The Morgan fingerprint density at radius 2 is 0.500 bits per heavy atom. The van der Waals surface area contributed by atoms with Gasteiger partial charge in [-0.05, 0) is 0 Å². The molecule has 0 bridgehead atoms. The minimum atomic E-state index is -4.69. The summed E-state index contributed by atoms with van der Waals surface area (Å²) >= 11 is 0. The molecule has 0 saturated carbocycles. The SMILES string of the molecule is O.O.O.O.O.O.O.O.O.[O-][Cl+3]([O-])([O-])O. The van der Waals surface area contributed by atoms with Crippen molar-refractivity contribution >= 4 is 0 Å². The second-order valence-electron chi connectivity index (χ2n) is 0.396. The highest BCUT2D eigenvalue weighted by Gasteiger charge is 1.98. The third kappa shape index (κ3) is 25800. The molecule has 0 unspecified atom stereocenters. The van der Waals surface area contributed by atoms with Gasteiger partial charge in [0.1, 0.15) is 0 Å². The minimum absolute atomic E-state index is 0. The molecule has 0 heterocycles. The van der Waals surface area contributed by atoms with Crippen LogP contribution >= 0.6 is 0 Å². The fourth-order valence-electron chi connectivity index (χ4n) is 0. The summed E-state index contributed by atoms with van der Waals surface area (Å²) in [6.45, 7) is 0. The molecule has 13 nitrogen and oxygen atoms in total. The van der Waals surface area contributed by atoms with Gasteiger partial charge in [0.2, 0.25) is 0 Å². The first-order valence-corrected chi connectivity index (χ1v) is 1.90. The van der Waals surface area contributed by atoms with Gasteiger partial charge in [-0.2, -0.15) is 14.0 Å². The maximum absolute atomic E-state index is 8.60. The summed E-state index contributed by atoms with van der Waals surface area (Å²) in [5.74, 6) is 0. The summed E-state index contributed by atoms with van der Waals surface area (Å²) in [5.41, 5.74) is 0. The van der Waals surface area contributed by atoms with Crippen molar-refractivity contribution in [3.05, 3.63) is 0 Å². The van der Waals surface area contributed by atoms with Gasteiger partial charge >= 0.3 is 0 Å². The lowest BCUT2D eigenvalue weighted by molar-refractivity contribution is -1.92. The van der Waals surface area contributed by atoms with E-state index in [0.29, 0.717) is 0 Å². The molecule has 0 amide bonds. The molecule has 0 fully saturated rings. The van der Waals surface area contributed by atoms with Crippen LogP contribution in [-0.4, -0.2) is 53.9 Å². The Morgan fingerprint density at radius 3 is 0.500 bits per heavy atom. The molecule has 0 saturated heterocycles. The highest BCUT2D eigenvalue weighted by Crippen LogP contribution is 1.60. The summed E-state index contributed by atoms with van der Waals surface area (Å²) in [4.78, 5) is 0. The lowest BCUT2D eigenvalue weighted by atomic mass is 15.8. The van der Waals surface area contributed by atoms with Crippen LogP contribution in [0.25, 0.3) is 0 Å². The highest BCUT2D eigenvalue weighted by molar-refractivity contribution is 2.15. The molecule has 0 aromatic heterocycles. The highest BCUT2D eigenvalue weighted by atomic mass is 35.7. The van der Waals surface area contributed by atoms with Gasteiger partial charge in [0.05, 0.1) is 14.9 Å². The average Bonchev–Trinajstić information content (AvgIpc) is 0.722. The molecule has 104 valence electrons. The quantitative estimate of drug-likeness (QED) is 0.443. The Hall–Kier alpha value is -0.230. The van der Waals surface area contributed by atoms with Crippen LogP contribution < -0.4 is 14.0 Å². The first-order valence-electron chi connectivity index (χ1n) is 0.632. The van der Waals surface area contributed by atoms with E-state index in [4.69, 9.17) is 18.6 Å². The fraction of sp³-hybridized carbons (Fsp3) is 0. The van der Waals surface area contributed by atoms with Crippen LogP contribution in [0.5, 0.6) is 0 Å². The van der Waals surface area contributed by atoms with Crippen molar-refractivity contribution in [2.45, 2.75) is 0 Å². The summed E-state index contributed by atoms with van der Waals surface area (Å²) < 4.78 is 32.7. The van der Waals surface area contributed by atoms with E-state index in [2.05, 4.69) is 0 Å². The number of halogens is 1. The first-order chi connectivity index (χ1) is 2.00. The minimum Gasteiger partial charge on any atom is -0.412 e. The van der Waals surface area contributed by atoms with E-state index in [1.165, 1.54) is 0 Å². The lowest BCUT2D eigenvalue weighted by Gasteiger charge is -2.03. The van der Waals surface area contributed by atoms with Crippen LogP contribution in [-0.2, 0) is 0 Å². The van der Waals surface area contributed by atoms with E-state index in [0.717, 1.165) is 0 Å². The normalized spacial score (nSPS) is 4.29. The Morgan fingerprint density at radius 1 is 0.500 bits per heavy atom. The average molecular weight is 263 g/mol. The topological polar surface area (TPSA) is 373 Å². The molecule has 0 radical (unpaired) electrons. The monoisotopic (exact) mass is 262 g/mol. The molecular weight excluding hydrogens is 243 g/mol. The largest absolute Gasteiger partial charge is 0.412 e. The van der Waals surface area contributed by atoms with Crippen molar-refractivity contribution in [2.75, 3.05) is 0 Å². The number of hydrogen-bond acceptors (Lipinski definition) is 4. The van der Waals surface area contributed by atoms with Gasteiger partial charge in [-0.25, -0.2) is 0 Å². The van der Waals surface area contributed by atoms with Gasteiger partial charge in [-0.1, -0.05) is 0 Å². The third-order valence-corrected chi connectivity index (χ3v) is 0. The number of hydrogen-bond donors (Lipinski definition) is 1. The smallest absolute Gasteiger partial charge is 0.0777 e. The van der Waals surface area contributed by atoms with Crippen LogP contribution in [0.15, 0.2) is 0 Å². The van der Waals surface area contributed by atoms with Gasteiger partial charge in [0.25, 0.3) is 0 Å². The maximum atomic E-state index is 8.60. The van der Waals surface area contributed by atoms with Crippen molar-refractivity contribution in [1.82, 2.24) is 0 Å². The predicted octanol–water partition coefficient (Wildman–Crippen LogP) is -11.5. The Labute approximate surface area is 79.3 Å². The first kappa shape index (κ1) is 158. The van der Waals surface area contributed by atoms with Crippen LogP contribution in [0.3, 0.4) is 0 Å². The van der Waals surface area contributed by atoms with Gasteiger partial charge in [-0.15, -0.1) is 0 Å². The molecule has 0 aromatic carbocycles. The zero-order chi connectivity index (χ0) is 4.50. The standard InChI is InChI=1S/ClHO4.9H2O/c2-1(3,4)5;;;;;;;;;/h(H,2,3,4,5);9*1H2. The van der Waals surface area contributed by atoms with Gasteiger partial charge in [0.15, 0.2) is 0 Å². The molecule has 0 atom stereocenters. The molecule has 0 aliphatic carbocycles. The summed E-state index contributed by atoms with van der Waals surface area (Å²) in [7, 11) is -4.69. The van der Waals surface area contributed by atoms with Crippen LogP contribution in [0.4, 0.5) is 0 Å². The second kappa shape index (κ2) is 53.1. The second-order valence-corrected chi connectivity index (χ2v) is 1.19. The summed E-state index contributed by atoms with van der Waals surface area (Å²) in [5, 5.41) is 0. The Bertz CT molecular complexity index is 20.7. The molecule has 0 spiro atoms. The van der Waals surface area contributed by atoms with E-state index in [-0.39, 0.29) is 49.3 Å². The molecule has 0 aliphatic heterocycles. The van der Waals surface area contributed by atoms with E-state index in [1.807, 2.05) is 0 Å². The van der Waals surface area contributed by atoms with Crippen LogP contribution in [0, 0.1) is 10.2 Å². The Balaban J connectivity index is -0.00000000222. The van der Waals surface area contributed by atoms with Crippen molar-refractivity contribution in [1.29, 1.82) is 0 Å². The van der Waals surface area contributed by atoms with Crippen LogP contribution in [0.2, 0.25) is 0 Å². The molecular formula is H19ClO13. The van der Waals surface area contributed by atoms with E-state index < -0.39 is 10.2 Å². The Kier molecular flexibility index (Phi) is 600. The van der Waals surface area contributed by atoms with E-state index in [9.17, 15) is 0 Å². The van der Waals surface area contributed by atoms with Crippen molar-refractivity contribution in [2.24, 2.45) is 0 Å². The molecule has 0 rings (SSSR count). The number of rotatable bonds is 0. The van der Waals surface area contributed by atoms with E-state index >= 15 is 0 Å². The lowest BCUT2D eigenvalue weighted by Crippen LogP contribution is -2.58. The molecule has 19 N–H and O–H groups in total. The van der Waals surface area contributed by atoms with E-state index in [1.54, 1.807) is 0 Å². The zero-order valence-electron chi connectivity index (χ0n) is 6.55. The fourth-order valence-corrected chi connectivity index (χ4v) is 0. The maximum Gasteiger partial charge on any atom is 0.0777 e. The molecule has 14 heavy (non-hydrogen) atoms. The van der Waals surface area contributed by atoms with Gasteiger partial charge < -0.3 is 49.3 Å². The zero-order valence-corrected chi connectivity index (χ0v) is 7.31. The van der Waals surface area contributed by atoms with Gasteiger partial charge in [-0.3, -0.25) is 0 Å². The molecule has 0 aromatic rings. The summed E-state index contributed by atoms with van der Waals surface area (Å²) in [6, 6.07) is 0. The summed E-state index contributed by atoms with van der Waals surface area (Å²) in [6.07, 6.45) is 0. The third-order valence-electron chi connectivity index (χ3n) is 0. The van der Waals surface area contributed by atoms with Crippen molar-refractivity contribution in [3.63, 3.8) is 0 Å². The molecule has 14 heteroatoms. The molecule has 0 aliphatic rings.